The lowest BCUT2D eigenvalue weighted by atomic mass is 9.79. The number of hydrogen-bond donors (Lipinski definition) is 1. The van der Waals surface area contributed by atoms with Gasteiger partial charge in [-0.2, -0.15) is 0 Å². The first-order valence-corrected chi connectivity index (χ1v) is 10.3. The minimum absolute atomic E-state index is 0.0287. The summed E-state index contributed by atoms with van der Waals surface area (Å²) < 4.78 is 21.7. The summed E-state index contributed by atoms with van der Waals surface area (Å²) in [6.45, 7) is 5.41. The van der Waals surface area contributed by atoms with Gasteiger partial charge in [0.2, 0.25) is 0 Å². The van der Waals surface area contributed by atoms with E-state index in [-0.39, 0.29) is 18.6 Å². The van der Waals surface area contributed by atoms with E-state index < -0.39 is 47.7 Å². The number of Topliss-reactive ketones (excluding diaryl/α,β-unsaturated/α-hetero) is 1. The first-order valence-electron chi connectivity index (χ1n) is 10.3. The monoisotopic (exact) mass is 436 g/mol. The number of ether oxygens (including phenoxy) is 4. The van der Waals surface area contributed by atoms with Crippen LogP contribution in [0.3, 0.4) is 0 Å². The van der Waals surface area contributed by atoms with Crippen LogP contribution >= 0.6 is 0 Å². The zero-order chi connectivity index (χ0) is 23.2. The Kier molecular flexibility index (Phi) is 8.73. The molecule has 8 nitrogen and oxygen atoms in total. The molecular formula is C23H32O8. The Morgan fingerprint density at radius 3 is 2.42 bits per heavy atom. The van der Waals surface area contributed by atoms with Gasteiger partial charge in [0.15, 0.2) is 6.10 Å². The molecule has 1 aliphatic heterocycles. The smallest absolute Gasteiger partial charge is 0.335 e. The van der Waals surface area contributed by atoms with Gasteiger partial charge in [0.25, 0.3) is 0 Å². The van der Waals surface area contributed by atoms with Crippen LogP contribution in [0.4, 0.5) is 0 Å². The zero-order valence-corrected chi connectivity index (χ0v) is 18.7. The Hall–Kier alpha value is -2.29. The quantitative estimate of drug-likeness (QED) is 0.617. The second-order valence-corrected chi connectivity index (χ2v) is 8.36. The number of carbonyl (C=O) groups excluding carboxylic acids is 3. The lowest BCUT2D eigenvalue weighted by Crippen LogP contribution is -2.45. The van der Waals surface area contributed by atoms with Crippen LogP contribution < -0.4 is 0 Å². The molecule has 31 heavy (non-hydrogen) atoms. The molecule has 172 valence electrons. The highest BCUT2D eigenvalue weighted by molar-refractivity contribution is 5.88. The summed E-state index contributed by atoms with van der Waals surface area (Å²) in [5, 5.41) is 10.4. The number of aliphatic hydroxyl groups excluding tert-OH is 1. The molecule has 1 heterocycles. The molecule has 1 aromatic carbocycles. The molecule has 1 aliphatic rings. The van der Waals surface area contributed by atoms with Crippen LogP contribution in [0.2, 0.25) is 0 Å². The topological polar surface area (TPSA) is 108 Å². The standard InChI is InChI=1S/C23H32O8/c1-14(30-13-15-9-7-6-8-10-15)18-12-17(24)16(20(25)21(26)28-4)11-19(31-18)23(2,3)22(27)29-5/h6-10,14,16,18-20,25H,11-13H2,1-5H3/t14-,16?,18-,19-,20?/m0/s1. The summed E-state index contributed by atoms with van der Waals surface area (Å²) in [7, 11) is 2.41. The molecule has 0 amide bonds. The molecular weight excluding hydrogens is 404 g/mol. The molecule has 1 saturated heterocycles. The van der Waals surface area contributed by atoms with Crippen molar-refractivity contribution in [2.24, 2.45) is 11.3 Å². The number of rotatable bonds is 8. The van der Waals surface area contributed by atoms with Crippen LogP contribution in [0.1, 0.15) is 39.2 Å². The molecule has 5 atom stereocenters. The summed E-state index contributed by atoms with van der Waals surface area (Å²) in [4.78, 5) is 37.3. The fraction of sp³-hybridized carbons (Fsp3) is 0.609. The van der Waals surface area contributed by atoms with E-state index in [1.54, 1.807) is 20.8 Å². The van der Waals surface area contributed by atoms with Gasteiger partial charge in [0.1, 0.15) is 5.78 Å². The number of methoxy groups -OCH3 is 2. The third-order valence-electron chi connectivity index (χ3n) is 5.84. The summed E-state index contributed by atoms with van der Waals surface area (Å²) in [6, 6.07) is 9.58. The van der Waals surface area contributed by atoms with Gasteiger partial charge < -0.3 is 24.1 Å². The van der Waals surface area contributed by atoms with Crippen LogP contribution in [-0.2, 0) is 39.9 Å². The first-order chi connectivity index (χ1) is 14.6. The van der Waals surface area contributed by atoms with E-state index in [1.165, 1.54) is 7.11 Å². The molecule has 8 heteroatoms. The van der Waals surface area contributed by atoms with E-state index in [0.29, 0.717) is 6.61 Å². The Morgan fingerprint density at radius 2 is 1.84 bits per heavy atom. The third-order valence-corrected chi connectivity index (χ3v) is 5.84. The predicted molar refractivity (Wildman–Crippen MR) is 111 cm³/mol. The summed E-state index contributed by atoms with van der Waals surface area (Å²) in [5.41, 5.74) is -0.148. The van der Waals surface area contributed by atoms with Gasteiger partial charge in [0.05, 0.1) is 50.5 Å². The molecule has 0 aliphatic carbocycles. The lowest BCUT2D eigenvalue weighted by molar-refractivity contribution is -0.172. The van der Waals surface area contributed by atoms with Crippen LogP contribution in [0.5, 0.6) is 0 Å². The number of esters is 2. The highest BCUT2D eigenvalue weighted by atomic mass is 16.6. The van der Waals surface area contributed by atoms with E-state index in [0.717, 1.165) is 12.7 Å². The average Bonchev–Trinajstić information content (AvgIpc) is 2.95. The molecule has 0 saturated carbocycles. The van der Waals surface area contributed by atoms with Gasteiger partial charge in [-0.05, 0) is 32.8 Å². The Labute approximate surface area is 182 Å². The molecule has 0 spiro atoms. The van der Waals surface area contributed by atoms with Crippen LogP contribution in [0, 0.1) is 11.3 Å². The average molecular weight is 437 g/mol. The minimum Gasteiger partial charge on any atom is -0.469 e. The fourth-order valence-electron chi connectivity index (χ4n) is 3.66. The Bertz CT molecular complexity index is 760. The third kappa shape index (κ3) is 6.12. The van der Waals surface area contributed by atoms with Crippen molar-refractivity contribution in [2.45, 2.75) is 64.6 Å². The van der Waals surface area contributed by atoms with Crippen molar-refractivity contribution >= 4 is 17.7 Å². The molecule has 1 N–H and O–H groups in total. The zero-order valence-electron chi connectivity index (χ0n) is 18.7. The van der Waals surface area contributed by atoms with Gasteiger partial charge in [0, 0.05) is 6.42 Å². The maximum atomic E-state index is 13.0. The Balaban J connectivity index is 2.26. The number of hydrogen-bond acceptors (Lipinski definition) is 8. The number of benzene rings is 1. The Morgan fingerprint density at radius 1 is 1.19 bits per heavy atom. The molecule has 2 rings (SSSR count). The molecule has 1 aromatic rings. The fourth-order valence-corrected chi connectivity index (χ4v) is 3.66. The first kappa shape index (κ1) is 25.0. The second-order valence-electron chi connectivity index (χ2n) is 8.36. The van der Waals surface area contributed by atoms with Crippen molar-refractivity contribution in [2.75, 3.05) is 14.2 Å². The molecule has 0 radical (unpaired) electrons. The van der Waals surface area contributed by atoms with E-state index in [9.17, 15) is 19.5 Å². The lowest BCUT2D eigenvalue weighted by Gasteiger charge is -2.35. The molecule has 1 fully saturated rings. The summed E-state index contributed by atoms with van der Waals surface area (Å²) >= 11 is 0. The van der Waals surface area contributed by atoms with E-state index >= 15 is 0 Å². The van der Waals surface area contributed by atoms with Gasteiger partial charge >= 0.3 is 11.9 Å². The van der Waals surface area contributed by atoms with Gasteiger partial charge in [-0.1, -0.05) is 30.3 Å². The van der Waals surface area contributed by atoms with Gasteiger partial charge in [-0.15, -0.1) is 0 Å². The number of aliphatic hydroxyl groups is 1. The van der Waals surface area contributed by atoms with Crippen molar-refractivity contribution in [1.82, 2.24) is 0 Å². The van der Waals surface area contributed by atoms with Crippen LogP contribution in [-0.4, -0.2) is 61.5 Å². The van der Waals surface area contributed by atoms with E-state index in [4.69, 9.17) is 14.2 Å². The van der Waals surface area contributed by atoms with Crippen molar-refractivity contribution in [3.63, 3.8) is 0 Å². The number of ketones is 1. The largest absolute Gasteiger partial charge is 0.469 e. The molecule has 0 bridgehead atoms. The van der Waals surface area contributed by atoms with Crippen LogP contribution in [0.25, 0.3) is 0 Å². The summed E-state index contributed by atoms with van der Waals surface area (Å²) in [6.07, 6.45) is -3.67. The van der Waals surface area contributed by atoms with Crippen molar-refractivity contribution in [1.29, 1.82) is 0 Å². The van der Waals surface area contributed by atoms with Gasteiger partial charge in [-0.25, -0.2) is 4.79 Å². The van der Waals surface area contributed by atoms with Crippen molar-refractivity contribution in [3.05, 3.63) is 35.9 Å². The van der Waals surface area contributed by atoms with Crippen LogP contribution in [0.15, 0.2) is 30.3 Å². The van der Waals surface area contributed by atoms with E-state index in [1.807, 2.05) is 30.3 Å². The molecule has 2 unspecified atom stereocenters. The molecule has 0 aromatic heterocycles. The van der Waals surface area contributed by atoms with Gasteiger partial charge in [-0.3, -0.25) is 9.59 Å². The second kappa shape index (κ2) is 10.8. The maximum Gasteiger partial charge on any atom is 0.335 e. The van der Waals surface area contributed by atoms with Crippen molar-refractivity contribution < 1.29 is 38.4 Å². The minimum atomic E-state index is -1.64. The van der Waals surface area contributed by atoms with Crippen molar-refractivity contribution in [3.8, 4) is 0 Å². The number of carbonyl (C=O) groups is 3. The maximum absolute atomic E-state index is 13.0. The highest BCUT2D eigenvalue weighted by Gasteiger charge is 2.48. The SMILES string of the molecule is COC(=O)C(O)C1C[C@@H](C(C)(C)C(=O)OC)O[C@H]([C@H](C)OCc2ccccc2)CC1=O. The summed E-state index contributed by atoms with van der Waals surface area (Å²) in [5.74, 6) is -2.83. The normalized spacial score (nSPS) is 24.1. The predicted octanol–water partition coefficient (Wildman–Crippen LogP) is 2.06. The highest BCUT2D eigenvalue weighted by Crippen LogP contribution is 2.36. The van der Waals surface area contributed by atoms with E-state index in [2.05, 4.69) is 4.74 Å².